The molecule has 0 radical (unpaired) electrons. The van der Waals surface area contributed by atoms with Crippen molar-refractivity contribution in [2.75, 3.05) is 0 Å². The molecule has 1 aliphatic carbocycles. The Morgan fingerprint density at radius 2 is 1.86 bits per heavy atom. The van der Waals surface area contributed by atoms with Crippen LogP contribution in [0.25, 0.3) is 5.69 Å². The molecule has 1 atom stereocenters. The van der Waals surface area contributed by atoms with Crippen LogP contribution in [0.3, 0.4) is 0 Å². The number of hydrogen-bond donors (Lipinski definition) is 1. The summed E-state index contributed by atoms with van der Waals surface area (Å²) in [5.41, 5.74) is 5.82. The molecular formula is C22H26N6O. The van der Waals surface area contributed by atoms with Gasteiger partial charge in [-0.15, -0.1) is 0 Å². The first-order valence-corrected chi connectivity index (χ1v) is 10.3. The van der Waals surface area contributed by atoms with Gasteiger partial charge in [-0.2, -0.15) is 10.2 Å². The molecule has 7 heteroatoms. The first kappa shape index (κ1) is 18.0. The highest BCUT2D eigenvalue weighted by Crippen LogP contribution is 2.27. The van der Waals surface area contributed by atoms with E-state index in [1.54, 1.807) is 0 Å². The van der Waals surface area contributed by atoms with Crippen LogP contribution in [0.15, 0.2) is 42.7 Å². The fourth-order valence-corrected chi connectivity index (χ4v) is 4.44. The zero-order chi connectivity index (χ0) is 20.0. The molecule has 29 heavy (non-hydrogen) atoms. The molecule has 1 N–H and O–H groups in total. The smallest absolute Gasteiger partial charge is 0.318 e. The molecule has 2 aliphatic rings. The van der Waals surface area contributed by atoms with Gasteiger partial charge in [-0.1, -0.05) is 18.2 Å². The van der Waals surface area contributed by atoms with Gasteiger partial charge in [-0.3, -0.25) is 4.68 Å². The lowest BCUT2D eigenvalue weighted by Crippen LogP contribution is -2.45. The summed E-state index contributed by atoms with van der Waals surface area (Å²) >= 11 is 0. The van der Waals surface area contributed by atoms with Gasteiger partial charge in [0.1, 0.15) is 0 Å². The molecule has 0 fully saturated rings. The Balaban J connectivity index is 1.27. The van der Waals surface area contributed by atoms with Crippen LogP contribution in [-0.4, -0.2) is 36.5 Å². The summed E-state index contributed by atoms with van der Waals surface area (Å²) in [5, 5.41) is 12.3. The second kappa shape index (κ2) is 7.06. The lowest BCUT2D eigenvalue weighted by Gasteiger charge is -2.27. The first-order valence-electron chi connectivity index (χ1n) is 10.3. The predicted octanol–water partition coefficient (Wildman–Crippen LogP) is 3.23. The molecule has 3 heterocycles. The number of rotatable bonds is 3. The van der Waals surface area contributed by atoms with Crippen molar-refractivity contribution < 1.29 is 4.79 Å². The molecule has 0 bridgehead atoms. The Morgan fingerprint density at radius 1 is 1.07 bits per heavy atom. The summed E-state index contributed by atoms with van der Waals surface area (Å²) in [7, 11) is 0. The van der Waals surface area contributed by atoms with Crippen LogP contribution in [0.4, 0.5) is 4.79 Å². The fourth-order valence-electron chi connectivity index (χ4n) is 4.44. The van der Waals surface area contributed by atoms with E-state index in [4.69, 9.17) is 0 Å². The number of para-hydroxylation sites is 1. The predicted molar refractivity (Wildman–Crippen MR) is 110 cm³/mol. The quantitative estimate of drug-likeness (QED) is 0.747. The molecule has 5 rings (SSSR count). The minimum atomic E-state index is 0.00451. The molecule has 0 spiro atoms. The highest BCUT2D eigenvalue weighted by atomic mass is 16.2. The van der Waals surface area contributed by atoms with Crippen molar-refractivity contribution >= 4 is 6.03 Å². The number of aromatic nitrogens is 4. The van der Waals surface area contributed by atoms with Crippen molar-refractivity contribution in [1.82, 2.24) is 29.8 Å². The Labute approximate surface area is 170 Å². The van der Waals surface area contributed by atoms with Crippen LogP contribution >= 0.6 is 0 Å². The average Bonchev–Trinajstić information content (AvgIpc) is 3.42. The van der Waals surface area contributed by atoms with Crippen molar-refractivity contribution in [1.29, 1.82) is 0 Å². The van der Waals surface area contributed by atoms with Crippen molar-refractivity contribution in [2.45, 2.75) is 58.3 Å². The third kappa shape index (κ3) is 3.20. The molecule has 3 aromatic rings. The summed E-state index contributed by atoms with van der Waals surface area (Å²) in [4.78, 5) is 14.8. The van der Waals surface area contributed by atoms with Crippen molar-refractivity contribution in [3.05, 3.63) is 65.2 Å². The van der Waals surface area contributed by atoms with Crippen LogP contribution in [0, 0.1) is 0 Å². The van der Waals surface area contributed by atoms with Gasteiger partial charge in [0.25, 0.3) is 0 Å². The van der Waals surface area contributed by atoms with E-state index >= 15 is 0 Å². The van der Waals surface area contributed by atoms with Gasteiger partial charge in [-0.05, 0) is 44.4 Å². The molecular weight excluding hydrogens is 364 g/mol. The fraction of sp³-hybridized carbons (Fsp3) is 0.409. The maximum Gasteiger partial charge on any atom is 0.318 e. The van der Waals surface area contributed by atoms with Crippen molar-refractivity contribution in [3.8, 4) is 5.69 Å². The van der Waals surface area contributed by atoms with E-state index in [2.05, 4.69) is 34.0 Å². The number of carbonyl (C=O) groups excluding carboxylic acids is 1. The second-order valence-corrected chi connectivity index (χ2v) is 8.26. The Hall–Kier alpha value is -3.09. The monoisotopic (exact) mass is 390 g/mol. The maximum absolute atomic E-state index is 13.0. The Bertz CT molecular complexity index is 1040. The van der Waals surface area contributed by atoms with E-state index < -0.39 is 0 Å². The first-order chi connectivity index (χ1) is 14.1. The Kier molecular flexibility index (Phi) is 4.38. The van der Waals surface area contributed by atoms with Gasteiger partial charge in [0.15, 0.2) is 0 Å². The highest BCUT2D eigenvalue weighted by Gasteiger charge is 2.30. The average molecular weight is 390 g/mol. The standard InChI is InChI=1S/C22H26N6O/c1-15(2)27-20-10-18(9-8-16(20)11-23-27)25-22(29)26-13-17-12-24-28(21(17)14-26)19-6-4-3-5-7-19/h3-7,11-12,15,18H,8-10,13-14H2,1-2H3,(H,25,29). The van der Waals surface area contributed by atoms with Crippen molar-refractivity contribution in [2.24, 2.45) is 0 Å². The highest BCUT2D eigenvalue weighted by molar-refractivity contribution is 5.75. The minimum Gasteiger partial charge on any atom is -0.335 e. The third-order valence-corrected chi connectivity index (χ3v) is 5.95. The van der Waals surface area contributed by atoms with Crippen LogP contribution in [0.2, 0.25) is 0 Å². The number of aryl methyl sites for hydroxylation is 1. The minimum absolute atomic E-state index is 0.00451. The van der Waals surface area contributed by atoms with Gasteiger partial charge < -0.3 is 10.2 Å². The van der Waals surface area contributed by atoms with E-state index in [0.717, 1.165) is 36.2 Å². The second-order valence-electron chi connectivity index (χ2n) is 8.26. The van der Waals surface area contributed by atoms with Gasteiger partial charge in [0.05, 0.1) is 36.9 Å². The zero-order valence-electron chi connectivity index (χ0n) is 16.9. The molecule has 2 amide bonds. The normalized spacial score (nSPS) is 18.0. The number of hydrogen-bond acceptors (Lipinski definition) is 3. The SMILES string of the molecule is CC(C)n1ncc2c1CC(NC(=O)N1Cc3cnn(-c4ccccc4)c3C1)CC2. The number of carbonyl (C=O) groups is 1. The van der Waals surface area contributed by atoms with E-state index in [1.165, 1.54) is 11.3 Å². The van der Waals surface area contributed by atoms with Gasteiger partial charge in [0, 0.05) is 29.8 Å². The Morgan fingerprint density at radius 3 is 2.66 bits per heavy atom. The molecule has 7 nitrogen and oxygen atoms in total. The van der Waals surface area contributed by atoms with Crippen LogP contribution in [-0.2, 0) is 25.9 Å². The van der Waals surface area contributed by atoms with Crippen LogP contribution in [0.1, 0.15) is 48.8 Å². The number of fused-ring (bicyclic) bond motifs is 2. The summed E-state index contributed by atoms with van der Waals surface area (Å²) < 4.78 is 4.03. The van der Waals surface area contributed by atoms with Crippen LogP contribution in [0.5, 0.6) is 0 Å². The van der Waals surface area contributed by atoms with Crippen LogP contribution < -0.4 is 5.32 Å². The number of nitrogens with one attached hydrogen (secondary N) is 1. The number of urea groups is 1. The maximum atomic E-state index is 13.0. The molecule has 150 valence electrons. The summed E-state index contributed by atoms with van der Waals surface area (Å²) in [6.45, 7) is 5.48. The van der Waals surface area contributed by atoms with E-state index in [-0.39, 0.29) is 12.1 Å². The largest absolute Gasteiger partial charge is 0.335 e. The van der Waals surface area contributed by atoms with E-state index in [0.29, 0.717) is 19.1 Å². The number of amides is 2. The third-order valence-electron chi connectivity index (χ3n) is 5.95. The molecule has 0 saturated heterocycles. The molecule has 1 aromatic carbocycles. The molecule has 1 unspecified atom stereocenters. The topological polar surface area (TPSA) is 68.0 Å². The molecule has 2 aromatic heterocycles. The van der Waals surface area contributed by atoms with Crippen molar-refractivity contribution in [3.63, 3.8) is 0 Å². The number of nitrogens with zero attached hydrogens (tertiary/aromatic N) is 5. The number of benzene rings is 1. The van der Waals surface area contributed by atoms with Gasteiger partial charge in [-0.25, -0.2) is 9.48 Å². The van der Waals surface area contributed by atoms with Gasteiger partial charge in [0.2, 0.25) is 0 Å². The van der Waals surface area contributed by atoms with E-state index in [1.807, 2.05) is 52.3 Å². The summed E-state index contributed by atoms with van der Waals surface area (Å²) in [5.74, 6) is 0. The molecule has 1 aliphatic heterocycles. The summed E-state index contributed by atoms with van der Waals surface area (Å²) in [6.07, 6.45) is 6.64. The lowest BCUT2D eigenvalue weighted by atomic mass is 9.93. The van der Waals surface area contributed by atoms with E-state index in [9.17, 15) is 4.79 Å². The van der Waals surface area contributed by atoms with Gasteiger partial charge >= 0.3 is 6.03 Å². The molecule has 0 saturated carbocycles. The lowest BCUT2D eigenvalue weighted by molar-refractivity contribution is 0.192. The zero-order valence-corrected chi connectivity index (χ0v) is 16.9. The summed E-state index contributed by atoms with van der Waals surface area (Å²) in [6, 6.07) is 10.6.